The molecule has 0 aromatic heterocycles. The first-order chi connectivity index (χ1) is 9.74. The lowest BCUT2D eigenvalue weighted by Crippen LogP contribution is -2.46. The molecule has 0 spiro atoms. The van der Waals surface area contributed by atoms with Gasteiger partial charge in [-0.2, -0.15) is 0 Å². The second-order valence-corrected chi connectivity index (χ2v) is 7.28. The maximum atomic E-state index is 6.41. The van der Waals surface area contributed by atoms with Gasteiger partial charge in [0, 0.05) is 19.2 Å². The van der Waals surface area contributed by atoms with Crippen molar-refractivity contribution in [1.82, 2.24) is 5.32 Å². The highest BCUT2D eigenvalue weighted by molar-refractivity contribution is 4.92. The summed E-state index contributed by atoms with van der Waals surface area (Å²) in [6.07, 6.45) is 14.7. The number of ether oxygens (including phenoxy) is 1. The van der Waals surface area contributed by atoms with E-state index in [0.29, 0.717) is 0 Å². The SMILES string of the molecule is CCCCCCCOC1(CNC2CC2)CCC(C)CC1. The molecule has 0 atom stereocenters. The van der Waals surface area contributed by atoms with Crippen LogP contribution in [0.3, 0.4) is 0 Å². The van der Waals surface area contributed by atoms with E-state index in [-0.39, 0.29) is 5.60 Å². The van der Waals surface area contributed by atoms with E-state index in [1.807, 2.05) is 0 Å². The zero-order chi connectivity index (χ0) is 14.3. The standard InChI is InChI=1S/C18H35NO/c1-3-4-5-6-7-14-20-18(15-19-17-8-9-17)12-10-16(2)11-13-18/h16-17,19H,3-15H2,1-2H3. The van der Waals surface area contributed by atoms with Gasteiger partial charge in [0.1, 0.15) is 0 Å². The molecule has 0 unspecified atom stereocenters. The Bertz CT molecular complexity index is 254. The highest BCUT2D eigenvalue weighted by Gasteiger charge is 2.36. The quantitative estimate of drug-likeness (QED) is 0.587. The fraction of sp³-hybridized carbons (Fsp3) is 1.00. The smallest absolute Gasteiger partial charge is 0.0806 e. The molecule has 0 aliphatic heterocycles. The predicted molar refractivity (Wildman–Crippen MR) is 86.1 cm³/mol. The summed E-state index contributed by atoms with van der Waals surface area (Å²) in [5.74, 6) is 0.900. The lowest BCUT2D eigenvalue weighted by Gasteiger charge is -2.40. The Morgan fingerprint density at radius 2 is 1.70 bits per heavy atom. The van der Waals surface area contributed by atoms with Crippen LogP contribution in [0.2, 0.25) is 0 Å². The molecular formula is C18H35NO. The molecule has 0 bridgehead atoms. The van der Waals surface area contributed by atoms with Crippen LogP contribution in [-0.2, 0) is 4.74 Å². The Balaban J connectivity index is 1.67. The van der Waals surface area contributed by atoms with Crippen molar-refractivity contribution in [2.75, 3.05) is 13.2 Å². The molecule has 0 amide bonds. The van der Waals surface area contributed by atoms with Gasteiger partial charge < -0.3 is 10.1 Å². The van der Waals surface area contributed by atoms with Crippen molar-refractivity contribution in [3.05, 3.63) is 0 Å². The maximum absolute atomic E-state index is 6.41. The Labute approximate surface area is 126 Å². The fourth-order valence-electron chi connectivity index (χ4n) is 3.27. The van der Waals surface area contributed by atoms with Crippen LogP contribution in [0.25, 0.3) is 0 Å². The van der Waals surface area contributed by atoms with Gasteiger partial charge in [0.15, 0.2) is 0 Å². The minimum atomic E-state index is 0.167. The molecule has 0 radical (unpaired) electrons. The number of rotatable bonds is 10. The number of unbranched alkanes of at least 4 members (excludes halogenated alkanes) is 4. The molecular weight excluding hydrogens is 246 g/mol. The van der Waals surface area contributed by atoms with E-state index < -0.39 is 0 Å². The van der Waals surface area contributed by atoms with Crippen LogP contribution in [0.1, 0.15) is 84.5 Å². The van der Waals surface area contributed by atoms with Crippen LogP contribution >= 0.6 is 0 Å². The molecule has 20 heavy (non-hydrogen) atoms. The fourth-order valence-corrected chi connectivity index (χ4v) is 3.27. The maximum Gasteiger partial charge on any atom is 0.0806 e. The van der Waals surface area contributed by atoms with E-state index in [0.717, 1.165) is 25.1 Å². The van der Waals surface area contributed by atoms with E-state index in [9.17, 15) is 0 Å². The summed E-state index contributed by atoms with van der Waals surface area (Å²) in [5.41, 5.74) is 0.167. The predicted octanol–water partition coefficient (Wildman–Crippen LogP) is 4.67. The molecule has 1 N–H and O–H groups in total. The van der Waals surface area contributed by atoms with Gasteiger partial charge >= 0.3 is 0 Å². The normalized spacial score (nSPS) is 30.6. The monoisotopic (exact) mass is 281 g/mol. The third kappa shape index (κ3) is 5.73. The molecule has 0 heterocycles. The van der Waals surface area contributed by atoms with Crippen LogP contribution in [-0.4, -0.2) is 24.8 Å². The molecule has 2 saturated carbocycles. The van der Waals surface area contributed by atoms with Crippen LogP contribution in [0.5, 0.6) is 0 Å². The number of hydrogen-bond acceptors (Lipinski definition) is 2. The van der Waals surface area contributed by atoms with Gasteiger partial charge in [0.05, 0.1) is 5.60 Å². The minimum Gasteiger partial charge on any atom is -0.374 e. The second kappa shape index (κ2) is 8.38. The minimum absolute atomic E-state index is 0.167. The van der Waals surface area contributed by atoms with Crippen molar-refractivity contribution >= 4 is 0 Å². The summed E-state index contributed by atoms with van der Waals surface area (Å²) in [7, 11) is 0. The molecule has 0 aromatic rings. The lowest BCUT2D eigenvalue weighted by molar-refractivity contribution is -0.0765. The lowest BCUT2D eigenvalue weighted by atomic mass is 9.79. The van der Waals surface area contributed by atoms with Crippen LogP contribution in [0, 0.1) is 5.92 Å². The Hall–Kier alpha value is -0.0800. The molecule has 2 nitrogen and oxygen atoms in total. The van der Waals surface area contributed by atoms with Gasteiger partial charge in [-0.05, 0) is 50.9 Å². The Morgan fingerprint density at radius 1 is 1.00 bits per heavy atom. The Kier molecular flexibility index (Phi) is 6.83. The highest BCUT2D eigenvalue weighted by atomic mass is 16.5. The summed E-state index contributed by atoms with van der Waals surface area (Å²) in [4.78, 5) is 0. The topological polar surface area (TPSA) is 21.3 Å². The van der Waals surface area contributed by atoms with Crippen LogP contribution in [0.4, 0.5) is 0 Å². The highest BCUT2D eigenvalue weighted by Crippen LogP contribution is 2.35. The molecule has 0 aromatic carbocycles. The second-order valence-electron chi connectivity index (χ2n) is 7.28. The average molecular weight is 281 g/mol. The van der Waals surface area contributed by atoms with Gasteiger partial charge in [-0.25, -0.2) is 0 Å². The van der Waals surface area contributed by atoms with E-state index in [2.05, 4.69) is 19.2 Å². The first kappa shape index (κ1) is 16.3. The van der Waals surface area contributed by atoms with Crippen molar-refractivity contribution < 1.29 is 4.74 Å². The van der Waals surface area contributed by atoms with Gasteiger partial charge in [0.2, 0.25) is 0 Å². The van der Waals surface area contributed by atoms with Gasteiger partial charge in [0.25, 0.3) is 0 Å². The summed E-state index contributed by atoms with van der Waals surface area (Å²) in [6.45, 7) is 6.74. The van der Waals surface area contributed by atoms with Crippen molar-refractivity contribution in [2.24, 2.45) is 5.92 Å². The zero-order valence-corrected chi connectivity index (χ0v) is 13.8. The van der Waals surface area contributed by atoms with Crippen molar-refractivity contribution in [3.63, 3.8) is 0 Å². The Morgan fingerprint density at radius 3 is 2.35 bits per heavy atom. The van der Waals surface area contributed by atoms with E-state index in [4.69, 9.17) is 4.74 Å². The third-order valence-corrected chi connectivity index (χ3v) is 5.13. The van der Waals surface area contributed by atoms with Crippen LogP contribution < -0.4 is 5.32 Å². The number of hydrogen-bond donors (Lipinski definition) is 1. The molecule has 2 heteroatoms. The van der Waals surface area contributed by atoms with Crippen molar-refractivity contribution in [3.8, 4) is 0 Å². The summed E-state index contributed by atoms with van der Waals surface area (Å²) < 4.78 is 6.41. The summed E-state index contributed by atoms with van der Waals surface area (Å²) in [5, 5.41) is 3.72. The molecule has 2 rings (SSSR count). The van der Waals surface area contributed by atoms with Crippen molar-refractivity contribution in [2.45, 2.75) is 96.1 Å². The van der Waals surface area contributed by atoms with Crippen molar-refractivity contribution in [1.29, 1.82) is 0 Å². The van der Waals surface area contributed by atoms with E-state index in [1.54, 1.807) is 0 Å². The molecule has 2 aliphatic carbocycles. The average Bonchev–Trinajstić information content (AvgIpc) is 3.28. The van der Waals surface area contributed by atoms with Crippen LogP contribution in [0.15, 0.2) is 0 Å². The third-order valence-electron chi connectivity index (χ3n) is 5.13. The zero-order valence-electron chi connectivity index (χ0n) is 13.8. The first-order valence-electron chi connectivity index (χ1n) is 9.11. The summed E-state index contributed by atoms with van der Waals surface area (Å²) >= 11 is 0. The molecule has 2 fully saturated rings. The van der Waals surface area contributed by atoms with Gasteiger partial charge in [-0.1, -0.05) is 39.5 Å². The van der Waals surface area contributed by atoms with E-state index in [1.165, 1.54) is 70.6 Å². The molecule has 2 aliphatic rings. The first-order valence-corrected chi connectivity index (χ1v) is 9.11. The molecule has 118 valence electrons. The molecule has 0 saturated heterocycles. The van der Waals surface area contributed by atoms with Gasteiger partial charge in [-0.15, -0.1) is 0 Å². The summed E-state index contributed by atoms with van der Waals surface area (Å²) in [6, 6.07) is 0.805. The number of nitrogens with one attached hydrogen (secondary N) is 1. The largest absolute Gasteiger partial charge is 0.374 e. The van der Waals surface area contributed by atoms with E-state index >= 15 is 0 Å². The van der Waals surface area contributed by atoms with Gasteiger partial charge in [-0.3, -0.25) is 0 Å².